The minimum absolute atomic E-state index is 0.108. The summed E-state index contributed by atoms with van der Waals surface area (Å²) in [5, 5.41) is 0. The third-order valence-corrected chi connectivity index (χ3v) is 6.22. The van der Waals surface area contributed by atoms with Crippen molar-refractivity contribution in [2.75, 3.05) is 6.61 Å². The molecule has 0 aromatic rings. The number of hydrogen-bond acceptors (Lipinski definition) is 5. The Hall–Kier alpha value is -1.88. The van der Waals surface area contributed by atoms with Gasteiger partial charge in [-0.2, -0.15) is 0 Å². The number of cyclic esters (lactones) is 1. The average Bonchev–Trinajstić information content (AvgIpc) is 3.17. The van der Waals surface area contributed by atoms with Gasteiger partial charge in [0, 0.05) is 17.4 Å². The summed E-state index contributed by atoms with van der Waals surface area (Å²) < 4.78 is 16.6. The Morgan fingerprint density at radius 2 is 1.92 bits per heavy atom. The van der Waals surface area contributed by atoms with Crippen LogP contribution in [-0.4, -0.2) is 30.9 Å². The van der Waals surface area contributed by atoms with Crippen LogP contribution < -0.4 is 0 Å². The minimum Gasteiger partial charge on any atom is -0.461 e. The van der Waals surface area contributed by atoms with E-state index in [1.165, 1.54) is 11.1 Å². The van der Waals surface area contributed by atoms with Gasteiger partial charge in [0.25, 0.3) is 0 Å². The Kier molecular flexibility index (Phi) is 4.07. The highest BCUT2D eigenvalue weighted by Gasteiger charge is 2.53. The molecule has 134 valence electrons. The Morgan fingerprint density at radius 3 is 2.64 bits per heavy atom. The van der Waals surface area contributed by atoms with E-state index in [1.807, 2.05) is 0 Å². The van der Waals surface area contributed by atoms with Gasteiger partial charge in [0.15, 0.2) is 0 Å². The predicted molar refractivity (Wildman–Crippen MR) is 90.2 cm³/mol. The minimum atomic E-state index is -0.700. The highest BCUT2D eigenvalue weighted by atomic mass is 16.7. The largest absolute Gasteiger partial charge is 0.461 e. The Bertz CT molecular complexity index is 676. The molecule has 6 atom stereocenters. The molecule has 0 aromatic heterocycles. The molecule has 0 spiro atoms. The third kappa shape index (κ3) is 2.74. The molecule has 1 saturated heterocycles. The molecule has 2 saturated carbocycles. The van der Waals surface area contributed by atoms with Crippen LogP contribution in [0.1, 0.15) is 32.6 Å². The van der Waals surface area contributed by atoms with Crippen molar-refractivity contribution in [2.24, 2.45) is 23.7 Å². The number of rotatable bonds is 3. The van der Waals surface area contributed by atoms with E-state index in [4.69, 9.17) is 14.2 Å². The van der Waals surface area contributed by atoms with Crippen LogP contribution in [-0.2, 0) is 23.8 Å². The van der Waals surface area contributed by atoms with Crippen LogP contribution in [0, 0.1) is 23.7 Å². The zero-order valence-corrected chi connectivity index (χ0v) is 14.5. The Balaban J connectivity index is 1.49. The van der Waals surface area contributed by atoms with Gasteiger partial charge in [0.1, 0.15) is 6.10 Å². The zero-order valence-electron chi connectivity index (χ0n) is 14.5. The normalized spacial score (nSPS) is 40.3. The first kappa shape index (κ1) is 16.6. The second-order valence-corrected chi connectivity index (χ2v) is 7.65. The summed E-state index contributed by atoms with van der Waals surface area (Å²) in [4.78, 5) is 23.9. The van der Waals surface area contributed by atoms with Gasteiger partial charge >= 0.3 is 11.9 Å². The molecule has 5 nitrogen and oxygen atoms in total. The van der Waals surface area contributed by atoms with Crippen molar-refractivity contribution in [1.82, 2.24) is 0 Å². The van der Waals surface area contributed by atoms with E-state index in [0.29, 0.717) is 11.5 Å². The fourth-order valence-electron chi connectivity index (χ4n) is 4.82. The van der Waals surface area contributed by atoms with Crippen molar-refractivity contribution in [3.05, 3.63) is 36.0 Å². The molecule has 2 heterocycles. The van der Waals surface area contributed by atoms with Crippen LogP contribution in [0.3, 0.4) is 0 Å². The second kappa shape index (κ2) is 6.13. The van der Waals surface area contributed by atoms with E-state index in [1.54, 1.807) is 13.0 Å². The van der Waals surface area contributed by atoms with Crippen molar-refractivity contribution in [1.29, 1.82) is 0 Å². The standard InChI is InChI=1S/C20H24O5/c1-10-4-7-14-15(9-23-16-8-12(3)19(21)24-16)20(22)25-18(14)17-11(2)5-6-13(10)17/h8,13-18H,1-2,4-7,9H2,3H3/t13-,14-,15-,16+,17-,18-/m0/s1. The maximum atomic E-state index is 12.5. The highest BCUT2D eigenvalue weighted by Crippen LogP contribution is 2.52. The Labute approximate surface area is 147 Å². The number of allylic oxidation sites excluding steroid dienone is 1. The van der Waals surface area contributed by atoms with Crippen LogP contribution in [0.15, 0.2) is 36.0 Å². The quantitative estimate of drug-likeness (QED) is 0.582. The lowest BCUT2D eigenvalue weighted by atomic mass is 9.80. The van der Waals surface area contributed by atoms with Gasteiger partial charge in [-0.15, -0.1) is 0 Å². The molecule has 3 fully saturated rings. The first-order chi connectivity index (χ1) is 12.0. The van der Waals surface area contributed by atoms with E-state index in [9.17, 15) is 9.59 Å². The van der Waals surface area contributed by atoms with Gasteiger partial charge in [-0.3, -0.25) is 4.79 Å². The molecule has 0 unspecified atom stereocenters. The average molecular weight is 344 g/mol. The molecule has 4 rings (SSSR count). The number of carbonyl (C=O) groups excluding carboxylic acids is 2. The summed E-state index contributed by atoms with van der Waals surface area (Å²) in [5.41, 5.74) is 2.98. The van der Waals surface area contributed by atoms with Gasteiger partial charge in [-0.25, -0.2) is 4.79 Å². The summed E-state index contributed by atoms with van der Waals surface area (Å²) >= 11 is 0. The third-order valence-electron chi connectivity index (χ3n) is 6.22. The number of ether oxygens (including phenoxy) is 3. The lowest BCUT2D eigenvalue weighted by molar-refractivity contribution is -0.162. The molecule has 0 N–H and O–H groups in total. The molecular formula is C20H24O5. The number of fused-ring (bicyclic) bond motifs is 3. The van der Waals surface area contributed by atoms with Gasteiger partial charge in [-0.05, 0) is 44.6 Å². The smallest absolute Gasteiger partial charge is 0.336 e. The van der Waals surface area contributed by atoms with Crippen LogP contribution in [0.2, 0.25) is 0 Å². The monoisotopic (exact) mass is 344 g/mol. The zero-order chi connectivity index (χ0) is 17.7. The van der Waals surface area contributed by atoms with Crippen molar-refractivity contribution < 1.29 is 23.8 Å². The van der Waals surface area contributed by atoms with Gasteiger partial charge in [-0.1, -0.05) is 24.3 Å². The van der Waals surface area contributed by atoms with E-state index < -0.39 is 6.29 Å². The van der Waals surface area contributed by atoms with Crippen molar-refractivity contribution >= 4 is 11.9 Å². The predicted octanol–water partition coefficient (Wildman–Crippen LogP) is 2.92. The molecule has 25 heavy (non-hydrogen) atoms. The molecule has 2 aliphatic heterocycles. The van der Waals surface area contributed by atoms with E-state index in [-0.39, 0.29) is 42.4 Å². The summed E-state index contributed by atoms with van der Waals surface area (Å²) in [5.74, 6) is -0.204. The SMILES string of the molecule is C=C1CC[C@H]2C(=C)CC[C@@H]3[C@H](OC(=O)[C@H]3CO[C@H]3C=C(C)C(=O)O3)[C@@H]12. The van der Waals surface area contributed by atoms with Gasteiger partial charge in [0.05, 0.1) is 12.5 Å². The number of carbonyl (C=O) groups is 2. The van der Waals surface area contributed by atoms with E-state index in [0.717, 1.165) is 25.7 Å². The lowest BCUT2D eigenvalue weighted by Crippen LogP contribution is -2.31. The second-order valence-electron chi connectivity index (χ2n) is 7.65. The lowest BCUT2D eigenvalue weighted by Gasteiger charge is -2.27. The maximum Gasteiger partial charge on any atom is 0.336 e. The summed E-state index contributed by atoms with van der Waals surface area (Å²) in [6.07, 6.45) is 4.66. The number of hydrogen-bond donors (Lipinski definition) is 0. The first-order valence-corrected chi connectivity index (χ1v) is 9.02. The van der Waals surface area contributed by atoms with E-state index >= 15 is 0 Å². The van der Waals surface area contributed by atoms with Crippen molar-refractivity contribution in [3.63, 3.8) is 0 Å². The van der Waals surface area contributed by atoms with Crippen molar-refractivity contribution in [2.45, 2.75) is 45.0 Å². The molecular weight excluding hydrogens is 320 g/mol. The fraction of sp³-hybridized carbons (Fsp3) is 0.600. The molecule has 0 bridgehead atoms. The van der Waals surface area contributed by atoms with Gasteiger partial charge in [0.2, 0.25) is 6.29 Å². The molecule has 0 radical (unpaired) electrons. The highest BCUT2D eigenvalue weighted by molar-refractivity contribution is 5.89. The topological polar surface area (TPSA) is 61.8 Å². The van der Waals surface area contributed by atoms with Crippen LogP contribution in [0.5, 0.6) is 0 Å². The van der Waals surface area contributed by atoms with Crippen LogP contribution in [0.25, 0.3) is 0 Å². The number of esters is 2. The molecule has 5 heteroatoms. The molecule has 0 aromatic carbocycles. The summed E-state index contributed by atoms with van der Waals surface area (Å²) in [6, 6.07) is 0. The Morgan fingerprint density at radius 1 is 1.16 bits per heavy atom. The van der Waals surface area contributed by atoms with E-state index in [2.05, 4.69) is 13.2 Å². The van der Waals surface area contributed by atoms with Crippen molar-refractivity contribution in [3.8, 4) is 0 Å². The summed E-state index contributed by atoms with van der Waals surface area (Å²) in [7, 11) is 0. The molecule has 2 aliphatic carbocycles. The summed E-state index contributed by atoms with van der Waals surface area (Å²) in [6.45, 7) is 10.4. The molecule has 4 aliphatic rings. The van der Waals surface area contributed by atoms with Crippen LogP contribution >= 0.6 is 0 Å². The fourth-order valence-corrected chi connectivity index (χ4v) is 4.82. The molecule has 0 amide bonds. The first-order valence-electron chi connectivity index (χ1n) is 9.02. The maximum absolute atomic E-state index is 12.5. The van der Waals surface area contributed by atoms with Crippen LogP contribution in [0.4, 0.5) is 0 Å². The van der Waals surface area contributed by atoms with Gasteiger partial charge < -0.3 is 14.2 Å².